The average molecular weight is 124 g/mol. The van der Waals surface area contributed by atoms with Crippen LogP contribution in [0.4, 0.5) is 0 Å². The average Bonchev–Trinajstić information content (AvgIpc) is 2.13. The maximum absolute atomic E-state index is 4.23. The number of hydrogen-bond donors (Lipinski definition) is 0. The van der Waals surface area contributed by atoms with Crippen LogP contribution in [-0.2, 0) is 0 Å². The predicted octanol–water partition coefficient (Wildman–Crippen LogP) is 1.52. The van der Waals surface area contributed by atoms with Gasteiger partial charge in [0.15, 0.2) is 0 Å². The minimum atomic E-state index is 0.538. The van der Waals surface area contributed by atoms with Crippen molar-refractivity contribution in [1.29, 1.82) is 0 Å². The zero-order valence-electron chi connectivity index (χ0n) is 6.18. The van der Waals surface area contributed by atoms with Crippen molar-refractivity contribution in [3.05, 3.63) is 0 Å². The van der Waals surface area contributed by atoms with Crippen molar-refractivity contribution in [1.82, 2.24) is 0 Å². The molecule has 50 valence electrons. The van der Waals surface area contributed by atoms with Gasteiger partial charge >= 0.3 is 0 Å². The fourth-order valence-electron chi connectivity index (χ4n) is 1.01. The Labute approximate surface area is 55.7 Å². The van der Waals surface area contributed by atoms with E-state index in [4.69, 9.17) is 0 Å². The first kappa shape index (κ1) is 6.46. The van der Waals surface area contributed by atoms with Gasteiger partial charge in [-0.25, -0.2) is 0 Å². The Morgan fingerprint density at radius 3 is 2.22 bits per heavy atom. The zero-order valence-corrected chi connectivity index (χ0v) is 6.18. The highest BCUT2D eigenvalue weighted by Crippen LogP contribution is 2.04. The Morgan fingerprint density at radius 2 is 2.00 bits per heavy atom. The summed E-state index contributed by atoms with van der Waals surface area (Å²) in [4.78, 5) is 8.38. The number of rotatable bonds is 1. The maximum Gasteiger partial charge on any atom is 0.130 e. The Hall–Kier alpha value is -0.660. The summed E-state index contributed by atoms with van der Waals surface area (Å²) >= 11 is 0. The molecule has 1 aliphatic heterocycles. The molecular formula is C7H12N2. The molecule has 0 N–H and O–H groups in total. The van der Waals surface area contributed by atoms with Crippen LogP contribution in [0.5, 0.6) is 0 Å². The minimum Gasteiger partial charge on any atom is -0.265 e. The lowest BCUT2D eigenvalue weighted by molar-refractivity contribution is 0.890. The molecule has 1 aliphatic rings. The van der Waals surface area contributed by atoms with Crippen molar-refractivity contribution in [2.24, 2.45) is 15.9 Å². The van der Waals surface area contributed by atoms with Crippen molar-refractivity contribution in [3.63, 3.8) is 0 Å². The van der Waals surface area contributed by atoms with E-state index in [2.05, 4.69) is 23.8 Å². The van der Waals surface area contributed by atoms with Crippen LogP contribution in [-0.4, -0.2) is 18.1 Å². The van der Waals surface area contributed by atoms with Crippen molar-refractivity contribution in [2.45, 2.75) is 20.8 Å². The van der Waals surface area contributed by atoms with E-state index in [9.17, 15) is 0 Å². The molecule has 0 unspecified atom stereocenters. The van der Waals surface area contributed by atoms with Crippen LogP contribution in [0.25, 0.3) is 0 Å². The first-order valence-corrected chi connectivity index (χ1v) is 3.27. The largest absolute Gasteiger partial charge is 0.265 e. The lowest BCUT2D eigenvalue weighted by Gasteiger charge is -2.02. The van der Waals surface area contributed by atoms with Gasteiger partial charge in [0.1, 0.15) is 6.67 Å². The molecule has 0 aliphatic carbocycles. The fraction of sp³-hybridized carbons (Fsp3) is 0.714. The second-order valence-electron chi connectivity index (χ2n) is 2.58. The van der Waals surface area contributed by atoms with Crippen molar-refractivity contribution in [2.75, 3.05) is 6.67 Å². The first-order valence-electron chi connectivity index (χ1n) is 3.27. The van der Waals surface area contributed by atoms with Gasteiger partial charge in [0.2, 0.25) is 0 Å². The predicted molar refractivity (Wildman–Crippen MR) is 40.2 cm³/mol. The lowest BCUT2D eigenvalue weighted by Crippen LogP contribution is -2.13. The maximum atomic E-state index is 4.23. The summed E-state index contributed by atoms with van der Waals surface area (Å²) in [6.45, 7) is 6.96. The van der Waals surface area contributed by atoms with Crippen molar-refractivity contribution < 1.29 is 0 Å². The van der Waals surface area contributed by atoms with Gasteiger partial charge in [-0.1, -0.05) is 13.8 Å². The summed E-state index contributed by atoms with van der Waals surface area (Å²) in [6.07, 6.45) is 0. The molecule has 0 spiro atoms. The molecule has 9 heavy (non-hydrogen) atoms. The highest BCUT2D eigenvalue weighted by atomic mass is 15.0. The molecule has 0 atom stereocenters. The molecule has 1 rings (SSSR count). The van der Waals surface area contributed by atoms with Crippen LogP contribution in [0.15, 0.2) is 9.98 Å². The van der Waals surface area contributed by atoms with Crippen LogP contribution in [0.3, 0.4) is 0 Å². The summed E-state index contributed by atoms with van der Waals surface area (Å²) in [6, 6.07) is 0. The molecule has 0 fully saturated rings. The monoisotopic (exact) mass is 124 g/mol. The zero-order chi connectivity index (χ0) is 6.85. The molecular weight excluding hydrogens is 112 g/mol. The van der Waals surface area contributed by atoms with E-state index >= 15 is 0 Å². The molecule has 0 amide bonds. The second kappa shape index (κ2) is 2.29. The topological polar surface area (TPSA) is 24.7 Å². The quantitative estimate of drug-likeness (QED) is 0.506. The van der Waals surface area contributed by atoms with Gasteiger partial charge < -0.3 is 0 Å². The van der Waals surface area contributed by atoms with Crippen LogP contribution in [0.2, 0.25) is 0 Å². The van der Waals surface area contributed by atoms with Crippen molar-refractivity contribution in [3.8, 4) is 0 Å². The van der Waals surface area contributed by atoms with Crippen molar-refractivity contribution >= 4 is 11.4 Å². The Balaban J connectivity index is 2.72. The van der Waals surface area contributed by atoms with Gasteiger partial charge in [-0.2, -0.15) is 0 Å². The molecule has 1 heterocycles. The van der Waals surface area contributed by atoms with Crippen LogP contribution in [0, 0.1) is 5.92 Å². The molecule has 0 radical (unpaired) electrons. The Bertz CT molecular complexity index is 166. The Kier molecular flexibility index (Phi) is 1.65. The summed E-state index contributed by atoms with van der Waals surface area (Å²) in [5.74, 6) is 0.538. The summed E-state index contributed by atoms with van der Waals surface area (Å²) in [5.41, 5.74) is 2.29. The smallest absolute Gasteiger partial charge is 0.130 e. The van der Waals surface area contributed by atoms with Crippen LogP contribution >= 0.6 is 0 Å². The number of hydrogen-bond acceptors (Lipinski definition) is 2. The highest BCUT2D eigenvalue weighted by Gasteiger charge is 2.11. The summed E-state index contributed by atoms with van der Waals surface area (Å²) in [5, 5.41) is 0. The molecule has 2 heteroatoms. The third-order valence-electron chi connectivity index (χ3n) is 1.47. The van der Waals surface area contributed by atoms with Gasteiger partial charge in [0.05, 0.1) is 11.4 Å². The fourth-order valence-corrected chi connectivity index (χ4v) is 1.01. The molecule has 0 aromatic rings. The molecule has 0 saturated heterocycles. The standard InChI is InChI=1S/C7H12N2/c1-5(2)7-6(3)8-4-9-7/h5H,4H2,1-3H3. The molecule has 0 bridgehead atoms. The van der Waals surface area contributed by atoms with Crippen LogP contribution in [0.1, 0.15) is 20.8 Å². The second-order valence-corrected chi connectivity index (χ2v) is 2.58. The molecule has 2 nitrogen and oxygen atoms in total. The normalized spacial score (nSPS) is 18.2. The van der Waals surface area contributed by atoms with Gasteiger partial charge in [0.25, 0.3) is 0 Å². The Morgan fingerprint density at radius 1 is 1.33 bits per heavy atom. The van der Waals surface area contributed by atoms with Gasteiger partial charge in [-0.05, 0) is 12.8 Å². The van der Waals surface area contributed by atoms with E-state index in [1.165, 1.54) is 5.71 Å². The highest BCUT2D eigenvalue weighted by molar-refractivity contribution is 6.43. The third-order valence-corrected chi connectivity index (χ3v) is 1.47. The van der Waals surface area contributed by atoms with Gasteiger partial charge in [-0.15, -0.1) is 0 Å². The van der Waals surface area contributed by atoms with E-state index < -0.39 is 0 Å². The third kappa shape index (κ3) is 1.18. The van der Waals surface area contributed by atoms with E-state index in [1.54, 1.807) is 0 Å². The molecule has 0 aromatic heterocycles. The summed E-state index contributed by atoms with van der Waals surface area (Å²) in [7, 11) is 0. The van der Waals surface area contributed by atoms with Crippen LogP contribution < -0.4 is 0 Å². The van der Waals surface area contributed by atoms with E-state index in [1.807, 2.05) is 6.92 Å². The summed E-state index contributed by atoms with van der Waals surface area (Å²) < 4.78 is 0. The number of nitrogens with zero attached hydrogens (tertiary/aromatic N) is 2. The minimum absolute atomic E-state index is 0.538. The first-order chi connectivity index (χ1) is 4.22. The van der Waals surface area contributed by atoms with Gasteiger partial charge in [0, 0.05) is 0 Å². The molecule has 0 saturated carbocycles. The lowest BCUT2D eigenvalue weighted by atomic mass is 10.1. The number of aliphatic imine (C=N–C) groups is 2. The SMILES string of the molecule is CC1=NCN=C1C(C)C. The molecule has 0 aromatic carbocycles. The van der Waals surface area contributed by atoms with E-state index in [-0.39, 0.29) is 0 Å². The van der Waals surface area contributed by atoms with E-state index in [0.717, 1.165) is 5.71 Å². The van der Waals surface area contributed by atoms with Gasteiger partial charge in [-0.3, -0.25) is 9.98 Å². The van der Waals surface area contributed by atoms with E-state index in [0.29, 0.717) is 12.6 Å².